The largest absolute Gasteiger partial charge is 0.756 e. The summed E-state index contributed by atoms with van der Waals surface area (Å²) in [6, 6.07) is -1.15. The van der Waals surface area contributed by atoms with Crippen molar-refractivity contribution in [2.45, 2.75) is 167 Å². The summed E-state index contributed by atoms with van der Waals surface area (Å²) in [7, 11) is 0.871. The van der Waals surface area contributed by atoms with E-state index in [2.05, 4.69) is 39.8 Å². The molecule has 65 heavy (non-hydrogen) atoms. The van der Waals surface area contributed by atoms with E-state index in [1.165, 1.54) is 42.2 Å². The van der Waals surface area contributed by atoms with Crippen LogP contribution in [0.5, 0.6) is 0 Å². The predicted octanol–water partition coefficient (Wildman–Crippen LogP) is 9.03. The number of nitrogens with zero attached hydrogens (tertiary/aromatic N) is 1. The third kappa shape index (κ3) is 30.8. The number of phosphoric ester groups is 1. The quantitative estimate of drug-likeness (QED) is 0.0141. The molecule has 16 heteroatoms. The number of carboxylic acids is 1. The van der Waals surface area contributed by atoms with E-state index in [1.54, 1.807) is 12.2 Å². The fourth-order valence-corrected chi connectivity index (χ4v) is 8.29. The summed E-state index contributed by atoms with van der Waals surface area (Å²) >= 11 is 1.21. The number of ether oxygens (including phenoxy) is 2. The number of aryl methyl sites for hydroxylation is 2. The minimum Gasteiger partial charge on any atom is -0.756 e. The Labute approximate surface area is 394 Å². The van der Waals surface area contributed by atoms with E-state index in [9.17, 15) is 28.9 Å². The molecule has 0 amide bonds. The van der Waals surface area contributed by atoms with Gasteiger partial charge in [0.2, 0.25) is 0 Å². The number of quaternary nitrogens is 1. The molecule has 0 spiro atoms. The zero-order chi connectivity index (χ0) is 48.5. The number of allylic oxidation sites excluding steroid dienone is 7. The second-order valence-electron chi connectivity index (χ2n) is 17.6. The van der Waals surface area contributed by atoms with E-state index in [0.29, 0.717) is 17.4 Å². The van der Waals surface area contributed by atoms with Crippen LogP contribution in [0.2, 0.25) is 0 Å². The maximum absolute atomic E-state index is 13.1. The molecular weight excluding hydrogens is 872 g/mol. The first-order valence-corrected chi connectivity index (χ1v) is 26.2. The molecule has 1 heterocycles. The molecule has 1 unspecified atom stereocenters. The number of carboxylic acid groups (broad SMARTS) is 1. The monoisotopic (exact) mass is 955 g/mol. The summed E-state index contributed by atoms with van der Waals surface area (Å²) in [5.41, 5.74) is 8.71. The van der Waals surface area contributed by atoms with Crippen LogP contribution >= 0.6 is 19.6 Å². The third-order valence-electron chi connectivity index (χ3n) is 10.5. The Bertz CT molecular complexity index is 1650. The minimum atomic E-state index is -4.78. The fraction of sp³-hybridized carbons (Fsp3) is 0.694. The highest BCUT2D eigenvalue weighted by atomic mass is 32.2. The number of hydrogen-bond donors (Lipinski definition) is 3. The molecule has 0 aliphatic heterocycles. The molecule has 0 aromatic carbocycles. The van der Waals surface area contributed by atoms with Gasteiger partial charge in [-0.05, 0) is 76.3 Å². The number of unbranched alkanes of at least 4 members (excludes halogenated alkanes) is 8. The number of nitrogens with two attached hydrogens (primary N) is 1. The van der Waals surface area contributed by atoms with Gasteiger partial charge in [0, 0.05) is 36.7 Å². The zero-order valence-corrected chi connectivity index (χ0v) is 42.3. The Morgan fingerprint density at radius 3 is 2.18 bits per heavy atom. The van der Waals surface area contributed by atoms with Crippen molar-refractivity contribution in [3.05, 3.63) is 71.3 Å². The Hall–Kier alpha value is -3.01. The Kier molecular flexibility index (Phi) is 32.5. The number of aliphatic carboxylic acids is 1. The van der Waals surface area contributed by atoms with Crippen LogP contribution in [0.25, 0.3) is 0 Å². The number of carbonyl (C=O) groups is 3. The Morgan fingerprint density at radius 1 is 0.831 bits per heavy atom. The van der Waals surface area contributed by atoms with Crippen molar-refractivity contribution in [3.63, 3.8) is 0 Å². The average Bonchev–Trinajstić information content (AvgIpc) is 3.50. The first-order chi connectivity index (χ1) is 30.9. The summed E-state index contributed by atoms with van der Waals surface area (Å²) in [6.07, 6.45) is 27.7. The molecule has 1 rings (SSSR count). The summed E-state index contributed by atoms with van der Waals surface area (Å²) in [6.45, 7) is 7.71. The summed E-state index contributed by atoms with van der Waals surface area (Å²) < 4.78 is 40.1. The van der Waals surface area contributed by atoms with E-state index >= 15 is 0 Å². The van der Waals surface area contributed by atoms with Crippen LogP contribution in [0.15, 0.2) is 53.0 Å². The second-order valence-corrected chi connectivity index (χ2v) is 20.2. The maximum atomic E-state index is 13.1. The van der Waals surface area contributed by atoms with E-state index in [-0.39, 0.29) is 38.0 Å². The minimum absolute atomic E-state index is 0.0386. The standard InChI is InChI=1S/C49H83N2O12PS/c1-8-10-11-12-13-14-15-16-17-18-22-25-31-46(43(52)29-27-32-47(53)54)65-38-42(50)49(56)59-36-41(37-61-64(57,58)60-35-34-51(5,6)7)62-48(55)33-26-23-20-19-21-24-30-45-40(4)39(3)44(63-45)28-9-2/h13-14,16-18,22,25,31,41-43,46,52H,8-12,15,19-21,23-24,26-30,32-38,50H2,1-7H3,(H-,53,54,57,58)/b14-13-,17-16-,22-18+,31-25+/t41-,42+,43+,46-/m1/s1. The van der Waals surface area contributed by atoms with Crippen molar-refractivity contribution in [1.29, 1.82) is 0 Å². The fourth-order valence-electron chi connectivity index (χ4n) is 6.44. The first kappa shape index (κ1) is 60.0. The van der Waals surface area contributed by atoms with E-state index < -0.39 is 62.4 Å². The lowest BCUT2D eigenvalue weighted by Gasteiger charge is -2.28. The van der Waals surface area contributed by atoms with Crippen LogP contribution in [0.3, 0.4) is 0 Å². The average molecular weight is 955 g/mol. The van der Waals surface area contributed by atoms with Gasteiger partial charge in [-0.25, -0.2) is 0 Å². The van der Waals surface area contributed by atoms with E-state index in [1.807, 2.05) is 45.4 Å². The van der Waals surface area contributed by atoms with Crippen molar-refractivity contribution in [2.75, 3.05) is 53.3 Å². The normalized spacial score (nSPS) is 15.2. The van der Waals surface area contributed by atoms with Gasteiger partial charge in [0.05, 0.1) is 33.9 Å². The highest BCUT2D eigenvalue weighted by molar-refractivity contribution is 8.00. The zero-order valence-electron chi connectivity index (χ0n) is 40.5. The highest BCUT2D eigenvalue weighted by Gasteiger charge is 2.25. The molecular formula is C49H83N2O12PS. The van der Waals surface area contributed by atoms with Crippen molar-refractivity contribution < 1.29 is 61.5 Å². The molecule has 0 aliphatic rings. The van der Waals surface area contributed by atoms with Gasteiger partial charge in [0.25, 0.3) is 7.82 Å². The number of rotatable bonds is 39. The molecule has 1 aromatic heterocycles. The van der Waals surface area contributed by atoms with Gasteiger partial charge in [-0.3, -0.25) is 18.9 Å². The van der Waals surface area contributed by atoms with Crippen molar-refractivity contribution in [3.8, 4) is 0 Å². The number of thioether (sulfide) groups is 1. The number of likely N-dealkylation sites (N-methyl/N-ethyl adjacent to an activating group) is 1. The molecule has 4 N–H and O–H groups in total. The van der Waals surface area contributed by atoms with Crippen molar-refractivity contribution in [2.24, 2.45) is 5.73 Å². The van der Waals surface area contributed by atoms with Gasteiger partial charge < -0.3 is 48.3 Å². The number of esters is 2. The molecule has 0 fully saturated rings. The lowest BCUT2D eigenvalue weighted by atomic mass is 10.0. The van der Waals surface area contributed by atoms with E-state index in [4.69, 9.17) is 33.8 Å². The second kappa shape index (κ2) is 35.2. The van der Waals surface area contributed by atoms with Crippen LogP contribution in [0.1, 0.15) is 139 Å². The van der Waals surface area contributed by atoms with Crippen molar-refractivity contribution in [1.82, 2.24) is 0 Å². The van der Waals surface area contributed by atoms with Crippen LogP contribution in [-0.4, -0.2) is 109 Å². The SMILES string of the molecule is CCCCC/C=C\C\C=C/C=C/C=C/[C@@H](SC[C@H](N)C(=O)OC[C@H](COP(=O)([O-])OCC[N+](C)(C)C)OC(=O)CCCCCCCCc1oc(CCC)c(C)c1C)[C@@H](O)CCCC(=O)O. The van der Waals surface area contributed by atoms with Crippen LogP contribution in [-0.2, 0) is 50.3 Å². The maximum Gasteiger partial charge on any atom is 0.323 e. The molecule has 14 nitrogen and oxygen atoms in total. The smallest absolute Gasteiger partial charge is 0.323 e. The number of aliphatic hydroxyl groups is 1. The topological polar surface area (TPSA) is 208 Å². The summed E-state index contributed by atoms with van der Waals surface area (Å²) in [4.78, 5) is 49.6. The van der Waals surface area contributed by atoms with Gasteiger partial charge in [0.1, 0.15) is 37.3 Å². The molecule has 0 saturated heterocycles. The molecule has 0 aliphatic carbocycles. The number of phosphoric acid groups is 1. The van der Waals surface area contributed by atoms with Gasteiger partial charge in [0.15, 0.2) is 6.10 Å². The third-order valence-corrected chi connectivity index (χ3v) is 12.9. The van der Waals surface area contributed by atoms with Crippen LogP contribution < -0.4 is 10.6 Å². The predicted molar refractivity (Wildman–Crippen MR) is 258 cm³/mol. The van der Waals surface area contributed by atoms with Gasteiger partial charge in [-0.15, -0.1) is 11.8 Å². The Morgan fingerprint density at radius 2 is 1.51 bits per heavy atom. The van der Waals surface area contributed by atoms with Gasteiger partial charge in [-0.1, -0.05) is 101 Å². The Balaban J connectivity index is 2.78. The van der Waals surface area contributed by atoms with Gasteiger partial charge in [-0.2, -0.15) is 0 Å². The van der Waals surface area contributed by atoms with Crippen molar-refractivity contribution >= 4 is 37.5 Å². The number of furan rings is 1. The summed E-state index contributed by atoms with van der Waals surface area (Å²) in [5, 5.41) is 19.5. The lowest BCUT2D eigenvalue weighted by Crippen LogP contribution is -2.39. The number of aliphatic hydroxyl groups excluding tert-OH is 1. The molecule has 0 bridgehead atoms. The summed E-state index contributed by atoms with van der Waals surface area (Å²) in [5.74, 6) is -0.165. The first-order valence-electron chi connectivity index (χ1n) is 23.6. The number of hydrogen-bond acceptors (Lipinski definition) is 13. The molecule has 372 valence electrons. The van der Waals surface area contributed by atoms with E-state index in [0.717, 1.165) is 75.7 Å². The van der Waals surface area contributed by atoms with Crippen LogP contribution in [0.4, 0.5) is 0 Å². The van der Waals surface area contributed by atoms with Gasteiger partial charge >= 0.3 is 17.9 Å². The van der Waals surface area contributed by atoms with Crippen LogP contribution in [0, 0.1) is 13.8 Å². The lowest BCUT2D eigenvalue weighted by molar-refractivity contribution is -0.870. The molecule has 0 radical (unpaired) electrons. The molecule has 0 saturated carbocycles. The molecule has 1 aromatic rings. The highest BCUT2D eigenvalue weighted by Crippen LogP contribution is 2.38. The number of carbonyl (C=O) groups excluding carboxylic acids is 2. The molecule has 5 atom stereocenters.